The number of aromatic hydroxyl groups is 2. The van der Waals surface area contributed by atoms with Crippen LogP contribution in [-0.4, -0.2) is 10.2 Å². The Morgan fingerprint density at radius 3 is 1.30 bits per heavy atom. The van der Waals surface area contributed by atoms with Gasteiger partial charge < -0.3 is 10.2 Å². The molecule has 0 aliphatic carbocycles. The van der Waals surface area contributed by atoms with Crippen molar-refractivity contribution in [1.82, 2.24) is 0 Å². The molecule has 0 radical (unpaired) electrons. The van der Waals surface area contributed by atoms with Crippen LogP contribution in [0.4, 0.5) is 0 Å². The van der Waals surface area contributed by atoms with E-state index < -0.39 is 0 Å². The molecule has 0 atom stereocenters. The standard InChI is InChI=1S/C14H6N4O2/c15-5-9(6-16)1-11-3-14(20)12(4-13(11)19)2-10(7-17)8-18/h1-4,19-20H. The van der Waals surface area contributed by atoms with Crippen molar-refractivity contribution in [3.05, 3.63) is 34.4 Å². The van der Waals surface area contributed by atoms with E-state index in [0.717, 1.165) is 24.3 Å². The molecule has 0 spiro atoms. The van der Waals surface area contributed by atoms with Crippen LogP contribution in [0.5, 0.6) is 11.5 Å². The Hall–Kier alpha value is -3.74. The van der Waals surface area contributed by atoms with E-state index in [4.69, 9.17) is 21.0 Å². The number of hydrogen-bond donors (Lipinski definition) is 2. The molecule has 94 valence electrons. The van der Waals surface area contributed by atoms with E-state index in [1.807, 2.05) is 0 Å². The molecule has 6 nitrogen and oxygen atoms in total. The Morgan fingerprint density at radius 1 is 0.750 bits per heavy atom. The van der Waals surface area contributed by atoms with Crippen molar-refractivity contribution < 1.29 is 10.2 Å². The minimum Gasteiger partial charge on any atom is -0.507 e. The second-order valence-electron chi connectivity index (χ2n) is 3.53. The average Bonchev–Trinajstić information content (AvgIpc) is 2.46. The summed E-state index contributed by atoms with van der Waals surface area (Å²) < 4.78 is 0. The van der Waals surface area contributed by atoms with Crippen LogP contribution in [-0.2, 0) is 0 Å². The molecule has 6 heteroatoms. The highest BCUT2D eigenvalue weighted by atomic mass is 16.3. The summed E-state index contributed by atoms with van der Waals surface area (Å²) in [5.74, 6) is -0.598. The molecule has 0 saturated heterocycles. The fourth-order valence-electron chi connectivity index (χ4n) is 1.33. The number of phenols is 2. The Balaban J connectivity index is 3.40. The van der Waals surface area contributed by atoms with Gasteiger partial charge in [0.15, 0.2) is 0 Å². The first-order valence-electron chi connectivity index (χ1n) is 5.15. The fourth-order valence-corrected chi connectivity index (χ4v) is 1.33. The number of phenolic OH excluding ortho intramolecular Hbond substituents is 2. The molecular formula is C14H6N4O2. The van der Waals surface area contributed by atoms with Crippen LogP contribution in [0, 0.1) is 45.3 Å². The van der Waals surface area contributed by atoms with Crippen LogP contribution in [0.15, 0.2) is 23.3 Å². The predicted octanol–water partition coefficient (Wildman–Crippen LogP) is 1.96. The number of allylic oxidation sites excluding steroid dienone is 2. The normalized spacial score (nSPS) is 8.20. The van der Waals surface area contributed by atoms with E-state index >= 15 is 0 Å². The van der Waals surface area contributed by atoms with E-state index in [9.17, 15) is 10.2 Å². The highest BCUT2D eigenvalue weighted by molar-refractivity contribution is 5.73. The minimum atomic E-state index is -0.299. The molecule has 20 heavy (non-hydrogen) atoms. The first-order valence-corrected chi connectivity index (χ1v) is 5.15. The third-order valence-electron chi connectivity index (χ3n) is 2.26. The van der Waals surface area contributed by atoms with Crippen molar-refractivity contribution in [2.24, 2.45) is 0 Å². The van der Waals surface area contributed by atoms with Crippen molar-refractivity contribution in [3.8, 4) is 35.8 Å². The van der Waals surface area contributed by atoms with Gasteiger partial charge in [-0.05, 0) is 24.3 Å². The lowest BCUT2D eigenvalue weighted by Crippen LogP contribution is -1.83. The zero-order chi connectivity index (χ0) is 15.1. The maximum atomic E-state index is 9.74. The van der Waals surface area contributed by atoms with E-state index in [1.165, 1.54) is 0 Å². The van der Waals surface area contributed by atoms with Crippen molar-refractivity contribution in [3.63, 3.8) is 0 Å². The molecule has 0 aromatic heterocycles. The van der Waals surface area contributed by atoms with Crippen LogP contribution < -0.4 is 0 Å². The maximum absolute atomic E-state index is 9.74. The molecular weight excluding hydrogens is 256 g/mol. The Bertz CT molecular complexity index is 678. The first-order chi connectivity index (χ1) is 9.55. The van der Waals surface area contributed by atoms with Crippen molar-refractivity contribution in [2.45, 2.75) is 0 Å². The smallest absolute Gasteiger partial charge is 0.130 e. The molecule has 0 saturated carbocycles. The lowest BCUT2D eigenvalue weighted by atomic mass is 10.0. The summed E-state index contributed by atoms with van der Waals surface area (Å²) in [6, 6.07) is 8.74. The fraction of sp³-hybridized carbons (Fsp3) is 0. The zero-order valence-electron chi connectivity index (χ0n) is 9.99. The number of nitriles is 4. The van der Waals surface area contributed by atoms with Crippen LogP contribution in [0.1, 0.15) is 11.1 Å². The molecule has 1 aromatic carbocycles. The number of benzene rings is 1. The van der Waals surface area contributed by atoms with Gasteiger partial charge in [0.25, 0.3) is 0 Å². The van der Waals surface area contributed by atoms with Gasteiger partial charge in [0.2, 0.25) is 0 Å². The maximum Gasteiger partial charge on any atom is 0.130 e. The van der Waals surface area contributed by atoms with Crippen molar-refractivity contribution in [1.29, 1.82) is 21.0 Å². The van der Waals surface area contributed by atoms with E-state index in [0.29, 0.717) is 0 Å². The SMILES string of the molecule is N#CC(C#N)=Cc1cc(O)c(C=C(C#N)C#N)cc1O. The van der Waals surface area contributed by atoms with Crippen molar-refractivity contribution in [2.75, 3.05) is 0 Å². The summed E-state index contributed by atoms with van der Waals surface area (Å²) in [5.41, 5.74) is -0.322. The topological polar surface area (TPSA) is 136 Å². The highest BCUT2D eigenvalue weighted by Gasteiger charge is 2.08. The minimum absolute atomic E-state index is 0.0771. The Labute approximate surface area is 114 Å². The largest absolute Gasteiger partial charge is 0.507 e. The molecule has 0 aliphatic rings. The van der Waals surface area contributed by atoms with E-state index in [1.54, 1.807) is 24.3 Å². The third kappa shape index (κ3) is 3.14. The monoisotopic (exact) mass is 262 g/mol. The number of rotatable bonds is 2. The van der Waals surface area contributed by atoms with Gasteiger partial charge in [0.05, 0.1) is 0 Å². The summed E-state index contributed by atoms with van der Waals surface area (Å²) >= 11 is 0. The Kier molecular flexibility index (Phi) is 4.48. The summed E-state index contributed by atoms with van der Waals surface area (Å²) in [5, 5.41) is 54.0. The molecule has 0 heterocycles. The summed E-state index contributed by atoms with van der Waals surface area (Å²) in [6.07, 6.45) is 2.22. The van der Waals surface area contributed by atoms with Gasteiger partial charge in [-0.1, -0.05) is 0 Å². The molecule has 2 N–H and O–H groups in total. The summed E-state index contributed by atoms with van der Waals surface area (Å²) in [4.78, 5) is 0. The van der Waals surface area contributed by atoms with Crippen LogP contribution >= 0.6 is 0 Å². The lowest BCUT2D eigenvalue weighted by molar-refractivity contribution is 0.458. The molecule has 1 rings (SSSR count). The quantitative estimate of drug-likeness (QED) is 0.617. The van der Waals surface area contributed by atoms with Crippen LogP contribution in [0.3, 0.4) is 0 Å². The summed E-state index contributed by atoms with van der Waals surface area (Å²) in [6.45, 7) is 0. The number of nitrogens with zero attached hydrogens (tertiary/aromatic N) is 4. The van der Waals surface area contributed by atoms with Gasteiger partial charge in [0.1, 0.15) is 46.9 Å². The third-order valence-corrected chi connectivity index (χ3v) is 2.26. The van der Waals surface area contributed by atoms with Gasteiger partial charge in [-0.25, -0.2) is 0 Å². The highest BCUT2D eigenvalue weighted by Crippen LogP contribution is 2.30. The molecule has 0 bridgehead atoms. The molecule has 0 amide bonds. The van der Waals surface area contributed by atoms with Crippen molar-refractivity contribution >= 4 is 12.2 Å². The second kappa shape index (κ2) is 6.26. The van der Waals surface area contributed by atoms with E-state index in [-0.39, 0.29) is 33.8 Å². The Morgan fingerprint density at radius 2 is 1.05 bits per heavy atom. The summed E-state index contributed by atoms with van der Waals surface area (Å²) in [7, 11) is 0. The van der Waals surface area contributed by atoms with E-state index in [2.05, 4.69) is 0 Å². The molecule has 1 aromatic rings. The van der Waals surface area contributed by atoms with Crippen LogP contribution in [0.25, 0.3) is 12.2 Å². The van der Waals surface area contributed by atoms with Crippen LogP contribution in [0.2, 0.25) is 0 Å². The van der Waals surface area contributed by atoms with Gasteiger partial charge in [-0.3, -0.25) is 0 Å². The lowest BCUT2D eigenvalue weighted by Gasteiger charge is -2.04. The van der Waals surface area contributed by atoms with Gasteiger partial charge in [0, 0.05) is 11.1 Å². The predicted molar refractivity (Wildman–Crippen MR) is 68.2 cm³/mol. The number of hydrogen-bond acceptors (Lipinski definition) is 6. The molecule has 0 aliphatic heterocycles. The average molecular weight is 262 g/mol. The van der Waals surface area contributed by atoms with Gasteiger partial charge in [-0.15, -0.1) is 0 Å². The second-order valence-corrected chi connectivity index (χ2v) is 3.53. The molecule has 0 fully saturated rings. The zero-order valence-corrected chi connectivity index (χ0v) is 9.99. The first kappa shape index (κ1) is 14.3. The van der Waals surface area contributed by atoms with Gasteiger partial charge in [-0.2, -0.15) is 21.0 Å². The molecule has 0 unspecified atom stereocenters. The van der Waals surface area contributed by atoms with Gasteiger partial charge >= 0.3 is 0 Å².